The van der Waals surface area contributed by atoms with Gasteiger partial charge in [-0.3, -0.25) is 9.69 Å². The fourth-order valence-corrected chi connectivity index (χ4v) is 5.73. The van der Waals surface area contributed by atoms with Gasteiger partial charge in [0.1, 0.15) is 0 Å². The van der Waals surface area contributed by atoms with Gasteiger partial charge in [-0.2, -0.15) is 0 Å². The van der Waals surface area contributed by atoms with Gasteiger partial charge in [-0.05, 0) is 0 Å². The summed E-state index contributed by atoms with van der Waals surface area (Å²) in [6.45, 7) is 5.52. The van der Waals surface area contributed by atoms with E-state index in [1.165, 1.54) is 0 Å². The van der Waals surface area contributed by atoms with Crippen LogP contribution in [-0.4, -0.2) is 84.9 Å². The highest BCUT2D eigenvalue weighted by Gasteiger charge is 2.48. The Balaban J connectivity index is 1.78. The lowest BCUT2D eigenvalue weighted by Gasteiger charge is -2.44. The summed E-state index contributed by atoms with van der Waals surface area (Å²) in [4.78, 5) is 26.9. The highest BCUT2D eigenvalue weighted by molar-refractivity contribution is 7.91. The van der Waals surface area contributed by atoms with Crippen molar-refractivity contribution in [3.63, 3.8) is 0 Å². The van der Waals surface area contributed by atoms with Crippen molar-refractivity contribution in [1.82, 2.24) is 19.8 Å². The van der Waals surface area contributed by atoms with E-state index in [9.17, 15) is 13.2 Å². The van der Waals surface area contributed by atoms with Crippen molar-refractivity contribution in [2.75, 3.05) is 43.6 Å². The molecule has 3 rings (SSSR count). The Hall–Kier alpha value is -1.74. The molecule has 1 aromatic rings. The lowest BCUT2D eigenvalue weighted by molar-refractivity contribution is -0.140. The molecule has 1 amide bonds. The number of carbonyl (C=O) groups is 1. The molecule has 9 heteroatoms. The van der Waals surface area contributed by atoms with Crippen LogP contribution in [0.5, 0.6) is 0 Å². The van der Waals surface area contributed by atoms with Crippen molar-refractivity contribution in [2.45, 2.75) is 32.5 Å². The van der Waals surface area contributed by atoms with E-state index in [-0.39, 0.29) is 35.4 Å². The molecular formula is C17H27N5O3S. The number of hydrogen-bond acceptors (Lipinski definition) is 7. The third kappa shape index (κ3) is 3.83. The van der Waals surface area contributed by atoms with Gasteiger partial charge in [0.2, 0.25) is 11.9 Å². The van der Waals surface area contributed by atoms with E-state index in [1.807, 2.05) is 32.8 Å². The summed E-state index contributed by atoms with van der Waals surface area (Å²) in [7, 11) is 0.628. The second-order valence-corrected chi connectivity index (χ2v) is 9.81. The van der Waals surface area contributed by atoms with E-state index in [0.717, 1.165) is 5.56 Å². The zero-order valence-corrected chi connectivity index (χ0v) is 16.6. The van der Waals surface area contributed by atoms with Crippen LogP contribution in [0.1, 0.15) is 19.4 Å². The molecule has 0 aromatic carbocycles. The summed E-state index contributed by atoms with van der Waals surface area (Å²) >= 11 is 0. The predicted octanol–water partition coefficient (Wildman–Crippen LogP) is 0.00840. The minimum absolute atomic E-state index is 0.0374. The van der Waals surface area contributed by atoms with E-state index < -0.39 is 9.84 Å². The Bertz CT molecular complexity index is 763. The Morgan fingerprint density at radius 1 is 1.19 bits per heavy atom. The molecule has 2 aliphatic rings. The molecule has 0 aliphatic carbocycles. The first-order chi connectivity index (χ1) is 12.2. The van der Waals surface area contributed by atoms with Crippen LogP contribution in [0.3, 0.4) is 0 Å². The number of sulfone groups is 1. The molecule has 2 atom stereocenters. The average molecular weight is 382 g/mol. The number of piperazine rings is 1. The largest absolute Gasteiger partial charge is 0.347 e. The number of hydrogen-bond donors (Lipinski definition) is 0. The van der Waals surface area contributed by atoms with Crippen molar-refractivity contribution in [1.29, 1.82) is 0 Å². The molecule has 1 aromatic heterocycles. The molecule has 144 valence electrons. The van der Waals surface area contributed by atoms with E-state index in [4.69, 9.17) is 0 Å². The number of fused-ring (bicyclic) bond motifs is 1. The van der Waals surface area contributed by atoms with Gasteiger partial charge < -0.3 is 9.80 Å². The fourth-order valence-electron chi connectivity index (χ4n) is 3.72. The van der Waals surface area contributed by atoms with Crippen LogP contribution in [0.4, 0.5) is 5.95 Å². The van der Waals surface area contributed by atoms with Gasteiger partial charge in [0, 0.05) is 63.6 Å². The first kappa shape index (κ1) is 19.0. The lowest BCUT2D eigenvalue weighted by Crippen LogP contribution is -2.60. The van der Waals surface area contributed by atoms with E-state index in [0.29, 0.717) is 25.6 Å². The van der Waals surface area contributed by atoms with Crippen LogP contribution >= 0.6 is 0 Å². The summed E-state index contributed by atoms with van der Waals surface area (Å²) in [5.74, 6) is 0.717. The molecule has 2 saturated heterocycles. The summed E-state index contributed by atoms with van der Waals surface area (Å²) in [5.41, 5.74) is 0.947. The summed E-state index contributed by atoms with van der Waals surface area (Å²) in [6.07, 6.45) is 3.57. The van der Waals surface area contributed by atoms with Crippen molar-refractivity contribution in [2.24, 2.45) is 5.92 Å². The molecular weight excluding hydrogens is 354 g/mol. The minimum Gasteiger partial charge on any atom is -0.347 e. The average Bonchev–Trinajstić information content (AvgIpc) is 2.90. The van der Waals surface area contributed by atoms with E-state index >= 15 is 0 Å². The van der Waals surface area contributed by atoms with Crippen LogP contribution in [0, 0.1) is 5.92 Å². The minimum atomic E-state index is -3.14. The standard InChI is InChI=1S/C17H27N5O3S/c1-12(2)16(23)22-6-5-21(14-10-26(24,25)11-15(14)22)9-13-7-18-17(19-8-13)20(3)4/h7-8,12,14-15H,5-6,9-11H2,1-4H3. The van der Waals surface area contributed by atoms with Crippen LogP contribution in [0.25, 0.3) is 0 Å². The highest BCUT2D eigenvalue weighted by Crippen LogP contribution is 2.29. The molecule has 0 bridgehead atoms. The van der Waals surface area contributed by atoms with Gasteiger partial charge >= 0.3 is 0 Å². The molecule has 0 spiro atoms. The molecule has 26 heavy (non-hydrogen) atoms. The van der Waals surface area contributed by atoms with Crippen LogP contribution in [0.2, 0.25) is 0 Å². The Labute approximate surface area is 155 Å². The third-order valence-electron chi connectivity index (χ3n) is 5.05. The molecule has 2 unspecified atom stereocenters. The van der Waals surface area contributed by atoms with Gasteiger partial charge in [0.15, 0.2) is 9.84 Å². The van der Waals surface area contributed by atoms with Crippen molar-refractivity contribution >= 4 is 21.7 Å². The smallest absolute Gasteiger partial charge is 0.225 e. The van der Waals surface area contributed by atoms with Crippen LogP contribution in [0.15, 0.2) is 12.4 Å². The van der Waals surface area contributed by atoms with Crippen molar-refractivity contribution in [3.05, 3.63) is 18.0 Å². The maximum atomic E-state index is 12.5. The first-order valence-corrected chi connectivity index (χ1v) is 10.7. The second-order valence-electron chi connectivity index (χ2n) is 7.65. The molecule has 0 N–H and O–H groups in total. The zero-order valence-electron chi connectivity index (χ0n) is 15.8. The molecule has 0 saturated carbocycles. The van der Waals surface area contributed by atoms with Gasteiger partial charge in [0.05, 0.1) is 17.5 Å². The Morgan fingerprint density at radius 2 is 1.81 bits per heavy atom. The number of anilines is 1. The van der Waals surface area contributed by atoms with Crippen LogP contribution < -0.4 is 4.90 Å². The van der Waals surface area contributed by atoms with E-state index in [2.05, 4.69) is 14.9 Å². The lowest BCUT2D eigenvalue weighted by atomic mass is 10.0. The quantitative estimate of drug-likeness (QED) is 0.726. The Kier molecular flexibility index (Phi) is 5.21. The van der Waals surface area contributed by atoms with Crippen molar-refractivity contribution < 1.29 is 13.2 Å². The van der Waals surface area contributed by atoms with Gasteiger partial charge in [-0.15, -0.1) is 0 Å². The van der Waals surface area contributed by atoms with Crippen LogP contribution in [-0.2, 0) is 21.2 Å². The number of aromatic nitrogens is 2. The maximum absolute atomic E-state index is 12.5. The maximum Gasteiger partial charge on any atom is 0.225 e. The third-order valence-corrected chi connectivity index (χ3v) is 6.74. The number of nitrogens with zero attached hydrogens (tertiary/aromatic N) is 5. The number of rotatable bonds is 4. The number of amides is 1. The summed E-state index contributed by atoms with van der Waals surface area (Å²) in [6, 6.07) is -0.421. The molecule has 3 heterocycles. The SMILES string of the molecule is CC(C)C(=O)N1CCN(Cc2cnc(N(C)C)nc2)C2CS(=O)(=O)CC21. The predicted molar refractivity (Wildman–Crippen MR) is 99.5 cm³/mol. The molecule has 0 radical (unpaired) electrons. The fraction of sp³-hybridized carbons (Fsp3) is 0.706. The normalized spacial score (nSPS) is 25.3. The van der Waals surface area contributed by atoms with Gasteiger partial charge in [0.25, 0.3) is 0 Å². The summed E-state index contributed by atoms with van der Waals surface area (Å²) < 4.78 is 24.5. The molecule has 2 fully saturated rings. The van der Waals surface area contributed by atoms with Crippen molar-refractivity contribution in [3.8, 4) is 0 Å². The topological polar surface area (TPSA) is 86.7 Å². The van der Waals surface area contributed by atoms with E-state index in [1.54, 1.807) is 17.3 Å². The van der Waals surface area contributed by atoms with Gasteiger partial charge in [-0.1, -0.05) is 13.8 Å². The monoisotopic (exact) mass is 381 g/mol. The van der Waals surface area contributed by atoms with Gasteiger partial charge in [-0.25, -0.2) is 18.4 Å². The number of carbonyl (C=O) groups excluding carboxylic acids is 1. The Morgan fingerprint density at radius 3 is 2.38 bits per heavy atom. The molecule has 2 aliphatic heterocycles. The highest BCUT2D eigenvalue weighted by atomic mass is 32.2. The molecule has 8 nitrogen and oxygen atoms in total. The zero-order chi connectivity index (χ0) is 19.1. The first-order valence-electron chi connectivity index (χ1n) is 8.91. The summed E-state index contributed by atoms with van der Waals surface area (Å²) in [5, 5.41) is 0. The second kappa shape index (κ2) is 7.11.